The second-order valence-electron chi connectivity index (χ2n) is 2.92. The third kappa shape index (κ3) is 3.56. The van der Waals surface area contributed by atoms with Gasteiger partial charge in [-0.3, -0.25) is 0 Å². The number of hydrogen-bond donors (Lipinski definition) is 0. The summed E-state index contributed by atoms with van der Waals surface area (Å²) >= 11 is 0. The Hall–Kier alpha value is 0.430. The van der Waals surface area contributed by atoms with Gasteiger partial charge in [-0.2, -0.15) is 0 Å². The van der Waals surface area contributed by atoms with Gasteiger partial charge in [0.15, 0.2) is 0 Å². The van der Waals surface area contributed by atoms with Crippen molar-refractivity contribution in [2.75, 3.05) is 20.1 Å². The minimum absolute atomic E-state index is 0. The molecule has 58 valence electrons. The SMILES string of the molecule is CN1CCC[C@@H](C(=O)[O-])C1.[Na+]. The van der Waals surface area contributed by atoms with E-state index in [1.54, 1.807) is 0 Å². The first-order valence-electron chi connectivity index (χ1n) is 3.59. The summed E-state index contributed by atoms with van der Waals surface area (Å²) in [5.74, 6) is -1.13. The maximum absolute atomic E-state index is 10.4. The number of piperidine rings is 1. The topological polar surface area (TPSA) is 43.4 Å². The summed E-state index contributed by atoms with van der Waals surface area (Å²) in [4.78, 5) is 12.4. The van der Waals surface area contributed by atoms with E-state index in [0.29, 0.717) is 6.54 Å². The molecule has 0 aliphatic carbocycles. The van der Waals surface area contributed by atoms with Gasteiger partial charge >= 0.3 is 29.6 Å². The molecule has 0 aromatic carbocycles. The second-order valence-corrected chi connectivity index (χ2v) is 2.92. The number of carbonyl (C=O) groups is 1. The molecule has 0 unspecified atom stereocenters. The molecule has 0 saturated carbocycles. The molecule has 0 amide bonds. The third-order valence-corrected chi connectivity index (χ3v) is 1.96. The van der Waals surface area contributed by atoms with E-state index >= 15 is 0 Å². The zero-order valence-electron chi connectivity index (χ0n) is 7.17. The van der Waals surface area contributed by atoms with Crippen LogP contribution in [0.15, 0.2) is 0 Å². The number of likely N-dealkylation sites (tertiary alicyclic amines) is 1. The van der Waals surface area contributed by atoms with Crippen LogP contribution in [0, 0.1) is 5.92 Å². The fraction of sp³-hybridized carbons (Fsp3) is 0.857. The van der Waals surface area contributed by atoms with Crippen LogP contribution in [0.25, 0.3) is 0 Å². The molecule has 0 aromatic rings. The molecule has 0 spiro atoms. The van der Waals surface area contributed by atoms with Gasteiger partial charge in [-0.05, 0) is 26.4 Å². The predicted octanol–water partition coefficient (Wildman–Crippen LogP) is -3.92. The summed E-state index contributed by atoms with van der Waals surface area (Å²) in [7, 11) is 1.94. The van der Waals surface area contributed by atoms with Crippen LogP contribution in [0.1, 0.15) is 12.8 Å². The Bertz CT molecular complexity index is 140. The average molecular weight is 165 g/mol. The fourth-order valence-corrected chi connectivity index (χ4v) is 1.36. The van der Waals surface area contributed by atoms with Crippen LogP contribution in [-0.4, -0.2) is 31.0 Å². The van der Waals surface area contributed by atoms with Gasteiger partial charge in [0.2, 0.25) is 0 Å². The molecule has 1 aliphatic rings. The van der Waals surface area contributed by atoms with Crippen LogP contribution in [0.4, 0.5) is 0 Å². The predicted molar refractivity (Wildman–Crippen MR) is 35.2 cm³/mol. The number of carboxylic acids is 1. The van der Waals surface area contributed by atoms with Crippen molar-refractivity contribution >= 4 is 5.97 Å². The van der Waals surface area contributed by atoms with Crippen molar-refractivity contribution in [3.8, 4) is 0 Å². The maximum atomic E-state index is 10.4. The molecule has 0 bridgehead atoms. The van der Waals surface area contributed by atoms with Crippen molar-refractivity contribution in [1.82, 2.24) is 4.90 Å². The van der Waals surface area contributed by atoms with E-state index in [9.17, 15) is 9.90 Å². The molecule has 1 heterocycles. The number of nitrogens with zero attached hydrogens (tertiary/aromatic N) is 1. The number of rotatable bonds is 1. The molecule has 1 fully saturated rings. The minimum Gasteiger partial charge on any atom is -0.550 e. The van der Waals surface area contributed by atoms with Gasteiger partial charge < -0.3 is 14.8 Å². The molecular weight excluding hydrogens is 153 g/mol. The maximum Gasteiger partial charge on any atom is 1.00 e. The van der Waals surface area contributed by atoms with Crippen molar-refractivity contribution in [2.45, 2.75) is 12.8 Å². The number of carbonyl (C=O) groups excluding carboxylic acids is 1. The summed E-state index contributed by atoms with van der Waals surface area (Å²) < 4.78 is 0. The van der Waals surface area contributed by atoms with Gasteiger partial charge in [-0.1, -0.05) is 0 Å². The first kappa shape index (κ1) is 11.4. The molecule has 1 atom stereocenters. The van der Waals surface area contributed by atoms with Crippen LogP contribution < -0.4 is 34.7 Å². The molecule has 0 radical (unpaired) electrons. The average Bonchev–Trinajstić information content (AvgIpc) is 1.88. The first-order chi connectivity index (χ1) is 4.70. The Morgan fingerprint density at radius 2 is 2.27 bits per heavy atom. The van der Waals surface area contributed by atoms with Gasteiger partial charge in [-0.25, -0.2) is 0 Å². The minimum atomic E-state index is -0.897. The third-order valence-electron chi connectivity index (χ3n) is 1.96. The molecule has 0 aromatic heterocycles. The van der Waals surface area contributed by atoms with E-state index in [1.165, 1.54) is 0 Å². The van der Waals surface area contributed by atoms with Crippen molar-refractivity contribution in [2.24, 2.45) is 5.92 Å². The monoisotopic (exact) mass is 165 g/mol. The summed E-state index contributed by atoms with van der Waals surface area (Å²) in [6, 6.07) is 0. The van der Waals surface area contributed by atoms with E-state index in [4.69, 9.17) is 0 Å². The molecule has 1 rings (SSSR count). The van der Waals surface area contributed by atoms with E-state index in [1.807, 2.05) is 11.9 Å². The Labute approximate surface area is 89.1 Å². The molecule has 0 N–H and O–H groups in total. The zero-order valence-corrected chi connectivity index (χ0v) is 9.17. The van der Waals surface area contributed by atoms with Crippen LogP contribution in [0.5, 0.6) is 0 Å². The Morgan fingerprint density at radius 3 is 2.64 bits per heavy atom. The quantitative estimate of drug-likeness (QED) is 0.373. The Kier molecular flexibility index (Phi) is 5.34. The van der Waals surface area contributed by atoms with E-state index in [2.05, 4.69) is 0 Å². The Morgan fingerprint density at radius 1 is 1.64 bits per heavy atom. The van der Waals surface area contributed by atoms with Crippen molar-refractivity contribution in [1.29, 1.82) is 0 Å². The number of carboxylic acid groups (broad SMARTS) is 1. The molecule has 4 heteroatoms. The molecule has 1 aliphatic heterocycles. The largest absolute Gasteiger partial charge is 1.00 e. The Balaban J connectivity index is 0.000001000. The summed E-state index contributed by atoms with van der Waals surface area (Å²) in [5, 5.41) is 10.4. The van der Waals surface area contributed by atoms with Gasteiger partial charge in [0.25, 0.3) is 0 Å². The molecule has 11 heavy (non-hydrogen) atoms. The van der Waals surface area contributed by atoms with Crippen molar-refractivity contribution in [3.05, 3.63) is 0 Å². The van der Waals surface area contributed by atoms with Gasteiger partial charge in [0, 0.05) is 18.4 Å². The van der Waals surface area contributed by atoms with Crippen LogP contribution in [0.2, 0.25) is 0 Å². The number of aliphatic carboxylic acids is 1. The van der Waals surface area contributed by atoms with Crippen molar-refractivity contribution < 1.29 is 39.5 Å². The number of hydrogen-bond acceptors (Lipinski definition) is 3. The summed E-state index contributed by atoms with van der Waals surface area (Å²) in [6.07, 6.45) is 1.77. The molecule has 3 nitrogen and oxygen atoms in total. The van der Waals surface area contributed by atoms with Crippen molar-refractivity contribution in [3.63, 3.8) is 0 Å². The van der Waals surface area contributed by atoms with Crippen LogP contribution in [-0.2, 0) is 4.79 Å². The van der Waals surface area contributed by atoms with E-state index in [0.717, 1.165) is 19.4 Å². The second kappa shape index (κ2) is 5.14. The fourth-order valence-electron chi connectivity index (χ4n) is 1.36. The van der Waals surface area contributed by atoms with Crippen LogP contribution in [0.3, 0.4) is 0 Å². The standard InChI is InChI=1S/C7H13NO2.Na/c1-8-4-2-3-6(5-8)7(9)10;/h6H,2-5H2,1H3,(H,9,10);/q;+1/p-1/t6-;/m1./s1. The normalized spacial score (nSPS) is 25.7. The first-order valence-corrected chi connectivity index (χ1v) is 3.59. The van der Waals surface area contributed by atoms with Gasteiger partial charge in [0.05, 0.1) is 0 Å². The smallest absolute Gasteiger partial charge is 0.550 e. The van der Waals surface area contributed by atoms with Crippen LogP contribution >= 0.6 is 0 Å². The van der Waals surface area contributed by atoms with Gasteiger partial charge in [0.1, 0.15) is 0 Å². The van der Waals surface area contributed by atoms with E-state index in [-0.39, 0.29) is 35.5 Å². The molecule has 1 saturated heterocycles. The zero-order chi connectivity index (χ0) is 7.56. The summed E-state index contributed by atoms with van der Waals surface area (Å²) in [5.41, 5.74) is 0. The van der Waals surface area contributed by atoms with E-state index < -0.39 is 5.97 Å². The molecular formula is C7H12NNaO2. The summed E-state index contributed by atoms with van der Waals surface area (Å²) in [6.45, 7) is 1.67. The van der Waals surface area contributed by atoms with Gasteiger partial charge in [-0.15, -0.1) is 0 Å².